The maximum absolute atomic E-state index is 11.0. The Kier molecular flexibility index (Phi) is 3.44. The van der Waals surface area contributed by atoms with Crippen LogP contribution in [0.5, 0.6) is 0 Å². The molecule has 2 N–H and O–H groups in total. The second-order valence-corrected chi connectivity index (χ2v) is 4.41. The average molecular weight is 272 g/mol. The Morgan fingerprint density at radius 2 is 2.25 bits per heavy atom. The van der Waals surface area contributed by atoms with Crippen molar-refractivity contribution in [2.75, 3.05) is 0 Å². The molecule has 1 aromatic carbocycles. The van der Waals surface area contributed by atoms with E-state index in [-0.39, 0.29) is 18.5 Å². The van der Waals surface area contributed by atoms with Gasteiger partial charge < -0.3 is 10.1 Å². The van der Waals surface area contributed by atoms with Crippen LogP contribution in [0, 0.1) is 29.4 Å². The highest BCUT2D eigenvalue weighted by molar-refractivity contribution is 5.96. The smallest absolute Gasteiger partial charge is 0.303 e. The third-order valence-electron chi connectivity index (χ3n) is 3.19. The fraction of sp³-hybridized carbons (Fsp3) is 0.214. The second kappa shape index (κ2) is 5.05. The van der Waals surface area contributed by atoms with E-state index in [4.69, 9.17) is 11.5 Å². The van der Waals surface area contributed by atoms with Gasteiger partial charge in [0, 0.05) is 29.1 Å². The predicted molar refractivity (Wildman–Crippen MR) is 73.6 cm³/mol. The predicted octanol–water partition coefficient (Wildman–Crippen LogP) is 2.38. The fourth-order valence-corrected chi connectivity index (χ4v) is 2.30. The van der Waals surface area contributed by atoms with Gasteiger partial charge in [-0.1, -0.05) is 5.92 Å². The van der Waals surface area contributed by atoms with Crippen LogP contribution in [0.1, 0.15) is 23.2 Å². The number of fused-ring (bicyclic) bond motifs is 1. The van der Waals surface area contributed by atoms with Crippen molar-refractivity contribution in [1.29, 1.82) is 0 Å². The number of aromatic nitrogens is 1. The first-order chi connectivity index (χ1) is 9.45. The zero-order valence-electron chi connectivity index (χ0n) is 10.8. The molecule has 0 unspecified atom stereocenters. The lowest BCUT2D eigenvalue weighted by atomic mass is 10.0. The van der Waals surface area contributed by atoms with Crippen LogP contribution in [0.25, 0.3) is 10.9 Å². The molecule has 1 aromatic heterocycles. The van der Waals surface area contributed by atoms with E-state index in [0.717, 1.165) is 5.56 Å². The molecule has 0 radical (unpaired) electrons. The van der Waals surface area contributed by atoms with Crippen LogP contribution < -0.4 is 0 Å². The summed E-state index contributed by atoms with van der Waals surface area (Å²) in [7, 11) is 0. The van der Waals surface area contributed by atoms with E-state index in [2.05, 4.69) is 10.9 Å². The standard InChI is InChI=1S/C14H12N2O4/c1-3-9-4-6-11(16(19)20)14-13(9)10(8(2)15-14)5-7-12(17)18/h1,4,6,15H,5,7H2,2H3,(H,17,18). The third-order valence-corrected chi connectivity index (χ3v) is 3.19. The Hall–Kier alpha value is -2.81. The van der Waals surface area contributed by atoms with Crippen molar-refractivity contribution < 1.29 is 14.8 Å². The average Bonchev–Trinajstić information content (AvgIpc) is 2.71. The number of nitro benzene ring substituents is 1. The van der Waals surface area contributed by atoms with Gasteiger partial charge in [-0.3, -0.25) is 14.9 Å². The Labute approximate surface area is 114 Å². The van der Waals surface area contributed by atoms with Crippen LogP contribution >= 0.6 is 0 Å². The number of hydrogen-bond donors (Lipinski definition) is 2. The number of nitro groups is 1. The number of terminal acetylenes is 1. The van der Waals surface area contributed by atoms with Gasteiger partial charge in [0.05, 0.1) is 4.92 Å². The summed E-state index contributed by atoms with van der Waals surface area (Å²) in [6.07, 6.45) is 5.65. The molecule has 102 valence electrons. The van der Waals surface area contributed by atoms with Gasteiger partial charge >= 0.3 is 5.97 Å². The number of H-pyrrole nitrogens is 1. The van der Waals surface area contributed by atoms with Gasteiger partial charge in [0.15, 0.2) is 0 Å². The van der Waals surface area contributed by atoms with E-state index in [0.29, 0.717) is 22.2 Å². The molecule has 2 rings (SSSR count). The van der Waals surface area contributed by atoms with Gasteiger partial charge in [0.1, 0.15) is 5.52 Å². The van der Waals surface area contributed by atoms with Crippen molar-refractivity contribution >= 4 is 22.6 Å². The van der Waals surface area contributed by atoms with Crippen LogP contribution in [-0.2, 0) is 11.2 Å². The lowest BCUT2D eigenvalue weighted by Gasteiger charge is -2.01. The molecule has 0 aliphatic rings. The van der Waals surface area contributed by atoms with Crippen LogP contribution in [0.4, 0.5) is 5.69 Å². The molecule has 0 aliphatic heterocycles. The number of nitrogens with zero attached hydrogens (tertiary/aromatic N) is 1. The Bertz CT molecular complexity index is 753. The number of aromatic amines is 1. The summed E-state index contributed by atoms with van der Waals surface area (Å²) < 4.78 is 0. The lowest BCUT2D eigenvalue weighted by molar-refractivity contribution is -0.383. The zero-order chi connectivity index (χ0) is 14.9. The highest BCUT2D eigenvalue weighted by Gasteiger charge is 2.20. The SMILES string of the molecule is C#Cc1ccc([N+](=O)[O-])c2[nH]c(C)c(CCC(=O)O)c12. The molecule has 0 fully saturated rings. The fourth-order valence-electron chi connectivity index (χ4n) is 2.30. The highest BCUT2D eigenvalue weighted by Crippen LogP contribution is 2.32. The Morgan fingerprint density at radius 3 is 2.80 bits per heavy atom. The van der Waals surface area contributed by atoms with Crippen molar-refractivity contribution in [2.24, 2.45) is 0 Å². The summed E-state index contributed by atoms with van der Waals surface area (Å²) >= 11 is 0. The largest absolute Gasteiger partial charge is 0.481 e. The number of aliphatic carboxylic acids is 1. The minimum absolute atomic E-state index is 0.0551. The molecule has 0 amide bonds. The molecular formula is C14H12N2O4. The van der Waals surface area contributed by atoms with Gasteiger partial charge in [-0.25, -0.2) is 0 Å². The lowest BCUT2D eigenvalue weighted by Crippen LogP contribution is -1.98. The summed E-state index contributed by atoms with van der Waals surface area (Å²) in [5, 5.41) is 20.4. The number of carboxylic acid groups (broad SMARTS) is 1. The normalized spacial score (nSPS) is 10.4. The maximum atomic E-state index is 11.0. The first kappa shape index (κ1) is 13.6. The van der Waals surface area contributed by atoms with Crippen molar-refractivity contribution in [3.8, 4) is 12.3 Å². The monoisotopic (exact) mass is 272 g/mol. The summed E-state index contributed by atoms with van der Waals surface area (Å²) in [5.74, 6) is 1.56. The summed E-state index contributed by atoms with van der Waals surface area (Å²) in [6.45, 7) is 1.75. The molecule has 2 aromatic rings. The number of nitrogens with one attached hydrogen (secondary N) is 1. The number of carbonyl (C=O) groups is 1. The van der Waals surface area contributed by atoms with Gasteiger partial charge in [0.2, 0.25) is 0 Å². The summed E-state index contributed by atoms with van der Waals surface area (Å²) in [5.41, 5.74) is 2.23. The minimum Gasteiger partial charge on any atom is -0.481 e. The van der Waals surface area contributed by atoms with Gasteiger partial charge in [-0.15, -0.1) is 6.42 Å². The number of non-ortho nitro benzene ring substituents is 1. The first-order valence-electron chi connectivity index (χ1n) is 5.92. The second-order valence-electron chi connectivity index (χ2n) is 4.41. The van der Waals surface area contributed by atoms with Gasteiger partial charge in [-0.2, -0.15) is 0 Å². The number of rotatable bonds is 4. The zero-order valence-corrected chi connectivity index (χ0v) is 10.8. The molecule has 0 atom stereocenters. The van der Waals surface area contributed by atoms with E-state index in [1.54, 1.807) is 6.92 Å². The van der Waals surface area contributed by atoms with Crippen LogP contribution in [0.15, 0.2) is 12.1 Å². The van der Waals surface area contributed by atoms with E-state index in [1.165, 1.54) is 12.1 Å². The van der Waals surface area contributed by atoms with E-state index in [9.17, 15) is 14.9 Å². The number of carboxylic acids is 1. The van der Waals surface area contributed by atoms with E-state index in [1.807, 2.05) is 0 Å². The quantitative estimate of drug-likeness (QED) is 0.507. The van der Waals surface area contributed by atoms with Crippen LogP contribution in [0.3, 0.4) is 0 Å². The molecule has 6 heteroatoms. The van der Waals surface area contributed by atoms with Crippen LogP contribution in [0.2, 0.25) is 0 Å². The third kappa shape index (κ3) is 2.21. The molecule has 20 heavy (non-hydrogen) atoms. The summed E-state index contributed by atoms with van der Waals surface area (Å²) in [4.78, 5) is 24.2. The molecular weight excluding hydrogens is 260 g/mol. The van der Waals surface area contributed by atoms with Gasteiger partial charge in [0.25, 0.3) is 5.69 Å². The molecule has 0 bridgehead atoms. The summed E-state index contributed by atoms with van der Waals surface area (Å²) in [6, 6.07) is 2.87. The van der Waals surface area contributed by atoms with Gasteiger partial charge in [-0.05, 0) is 25.0 Å². The highest BCUT2D eigenvalue weighted by atomic mass is 16.6. The number of hydrogen-bond acceptors (Lipinski definition) is 3. The van der Waals surface area contributed by atoms with Crippen molar-refractivity contribution in [2.45, 2.75) is 19.8 Å². The minimum atomic E-state index is -0.925. The maximum Gasteiger partial charge on any atom is 0.303 e. The molecule has 0 spiro atoms. The molecule has 0 aliphatic carbocycles. The van der Waals surface area contributed by atoms with Crippen molar-refractivity contribution in [1.82, 2.24) is 4.98 Å². The van der Waals surface area contributed by atoms with E-state index >= 15 is 0 Å². The topological polar surface area (TPSA) is 96.2 Å². The molecule has 6 nitrogen and oxygen atoms in total. The van der Waals surface area contributed by atoms with E-state index < -0.39 is 10.9 Å². The first-order valence-corrected chi connectivity index (χ1v) is 5.92. The van der Waals surface area contributed by atoms with Crippen molar-refractivity contribution in [3.63, 3.8) is 0 Å². The van der Waals surface area contributed by atoms with Crippen LogP contribution in [-0.4, -0.2) is 21.0 Å². The van der Waals surface area contributed by atoms with Crippen molar-refractivity contribution in [3.05, 3.63) is 39.1 Å². The molecule has 0 saturated heterocycles. The Morgan fingerprint density at radius 1 is 1.55 bits per heavy atom. The Balaban J connectivity index is 2.72. The molecule has 1 heterocycles. The number of benzene rings is 1. The number of aryl methyl sites for hydroxylation is 2. The molecule has 0 saturated carbocycles.